The summed E-state index contributed by atoms with van der Waals surface area (Å²) >= 11 is 7.64. The van der Waals surface area contributed by atoms with Crippen LogP contribution in [0.15, 0.2) is 84.3 Å². The van der Waals surface area contributed by atoms with Crippen LogP contribution in [0.5, 0.6) is 0 Å². The Balaban J connectivity index is 1.32. The Kier molecular flexibility index (Phi) is 6.57. The summed E-state index contributed by atoms with van der Waals surface area (Å²) in [5.41, 5.74) is -0.472. The lowest BCUT2D eigenvalue weighted by Gasteiger charge is -2.33. The standard InChI is InChI=1S/C30H28ClN3O4S/c1-29-13-14-30(38-29)24(23(29)26(35)33-17-22-8-5-15-39-22)28(37)34(18-20-9-11-21(31)12-10-20)25(30)27(36)32-16-19-6-3-2-4-7-19/h2-15,23-25H,16-18H2,1H3,(H,32,36)(H,33,35)/t23-,24+,25-,29+,30-/m1/s1. The fourth-order valence-electron chi connectivity index (χ4n) is 6.17. The molecule has 3 aliphatic heterocycles. The van der Waals surface area contributed by atoms with Crippen molar-refractivity contribution < 1.29 is 19.1 Å². The van der Waals surface area contributed by atoms with Crippen LogP contribution in [0.4, 0.5) is 0 Å². The number of nitrogens with one attached hydrogen (secondary N) is 2. The highest BCUT2D eigenvalue weighted by atomic mass is 35.5. The van der Waals surface area contributed by atoms with E-state index in [1.54, 1.807) is 28.4 Å². The lowest BCUT2D eigenvalue weighted by molar-refractivity contribution is -0.145. The molecular formula is C30H28ClN3O4S. The number of nitrogens with zero attached hydrogens (tertiary/aromatic N) is 1. The van der Waals surface area contributed by atoms with Gasteiger partial charge in [-0.05, 0) is 41.6 Å². The predicted octanol–water partition coefficient (Wildman–Crippen LogP) is 4.08. The highest BCUT2D eigenvalue weighted by Gasteiger charge is 2.76. The number of ether oxygens (including phenoxy) is 1. The van der Waals surface area contributed by atoms with E-state index in [1.807, 2.05) is 79.1 Å². The summed E-state index contributed by atoms with van der Waals surface area (Å²) in [7, 11) is 0. The molecular weight excluding hydrogens is 534 g/mol. The fourth-order valence-corrected chi connectivity index (χ4v) is 6.94. The van der Waals surface area contributed by atoms with Crippen LogP contribution in [-0.4, -0.2) is 39.9 Å². The number of thiophene rings is 1. The highest BCUT2D eigenvalue weighted by molar-refractivity contribution is 7.09. The smallest absolute Gasteiger partial charge is 0.246 e. The average molecular weight is 562 g/mol. The van der Waals surface area contributed by atoms with E-state index in [1.165, 1.54) is 0 Å². The number of hydrogen-bond acceptors (Lipinski definition) is 5. The highest BCUT2D eigenvalue weighted by Crippen LogP contribution is 2.59. The lowest BCUT2D eigenvalue weighted by atomic mass is 9.70. The lowest BCUT2D eigenvalue weighted by Crippen LogP contribution is -2.54. The SMILES string of the molecule is C[C@@]12C=C[C@@]3(O1)[C@H](C(=O)N(Cc1ccc(Cl)cc1)[C@@H]3C(=O)NCc1ccccc1)[C@@H]2C(=O)NCc1cccs1. The molecule has 1 spiro atoms. The van der Waals surface area contributed by atoms with Gasteiger partial charge in [0, 0.05) is 23.0 Å². The molecule has 200 valence electrons. The van der Waals surface area contributed by atoms with Gasteiger partial charge in [0.05, 0.1) is 24.0 Å². The monoisotopic (exact) mass is 561 g/mol. The number of rotatable bonds is 8. The molecule has 5 atom stereocenters. The van der Waals surface area contributed by atoms with Crippen molar-refractivity contribution in [1.82, 2.24) is 15.5 Å². The number of halogens is 1. The summed E-state index contributed by atoms with van der Waals surface area (Å²) in [6.45, 7) is 2.69. The third-order valence-electron chi connectivity index (χ3n) is 7.92. The molecule has 2 saturated heterocycles. The maximum Gasteiger partial charge on any atom is 0.246 e. The molecule has 3 aromatic rings. The second-order valence-electron chi connectivity index (χ2n) is 10.4. The van der Waals surface area contributed by atoms with E-state index in [2.05, 4.69) is 10.6 Å². The zero-order chi connectivity index (χ0) is 27.2. The van der Waals surface area contributed by atoms with E-state index in [-0.39, 0.29) is 24.3 Å². The summed E-state index contributed by atoms with van der Waals surface area (Å²) in [4.78, 5) is 44.2. The molecule has 2 fully saturated rings. The van der Waals surface area contributed by atoms with Gasteiger partial charge in [0.2, 0.25) is 17.7 Å². The molecule has 9 heteroatoms. The topological polar surface area (TPSA) is 87.7 Å². The van der Waals surface area contributed by atoms with Gasteiger partial charge < -0.3 is 20.3 Å². The fraction of sp³-hybridized carbons (Fsp3) is 0.300. The number of hydrogen-bond donors (Lipinski definition) is 2. The summed E-state index contributed by atoms with van der Waals surface area (Å²) < 4.78 is 6.57. The van der Waals surface area contributed by atoms with Crippen molar-refractivity contribution >= 4 is 40.7 Å². The number of amides is 3. The molecule has 6 rings (SSSR count). The van der Waals surface area contributed by atoms with Gasteiger partial charge in [0.1, 0.15) is 11.6 Å². The number of carbonyl (C=O) groups excluding carboxylic acids is 3. The van der Waals surface area contributed by atoms with Crippen molar-refractivity contribution in [3.8, 4) is 0 Å². The van der Waals surface area contributed by atoms with Crippen molar-refractivity contribution in [3.05, 3.63) is 105 Å². The van der Waals surface area contributed by atoms with Crippen molar-refractivity contribution in [2.24, 2.45) is 11.8 Å². The Morgan fingerprint density at radius 1 is 0.949 bits per heavy atom. The largest absolute Gasteiger partial charge is 0.356 e. The summed E-state index contributed by atoms with van der Waals surface area (Å²) in [5, 5.41) is 8.55. The minimum Gasteiger partial charge on any atom is -0.356 e. The van der Waals surface area contributed by atoms with E-state index in [0.717, 1.165) is 16.0 Å². The Bertz CT molecular complexity index is 1430. The van der Waals surface area contributed by atoms with Gasteiger partial charge in [-0.25, -0.2) is 0 Å². The third kappa shape index (κ3) is 4.46. The molecule has 0 saturated carbocycles. The second-order valence-corrected chi connectivity index (χ2v) is 11.9. The van der Waals surface area contributed by atoms with Crippen molar-refractivity contribution in [3.63, 3.8) is 0 Å². The van der Waals surface area contributed by atoms with Gasteiger partial charge >= 0.3 is 0 Å². The van der Waals surface area contributed by atoms with Gasteiger partial charge in [-0.2, -0.15) is 0 Å². The first-order valence-corrected chi connectivity index (χ1v) is 14.1. The normalized spacial score (nSPS) is 28.5. The van der Waals surface area contributed by atoms with Crippen LogP contribution >= 0.6 is 22.9 Å². The van der Waals surface area contributed by atoms with Gasteiger partial charge in [0.25, 0.3) is 0 Å². The Hall–Kier alpha value is -3.46. The van der Waals surface area contributed by atoms with E-state index < -0.39 is 29.1 Å². The maximum absolute atomic E-state index is 14.2. The molecule has 2 aromatic carbocycles. The van der Waals surface area contributed by atoms with Gasteiger partial charge in [-0.3, -0.25) is 14.4 Å². The molecule has 2 N–H and O–H groups in total. The molecule has 0 radical (unpaired) electrons. The first-order valence-electron chi connectivity index (χ1n) is 12.9. The predicted molar refractivity (Wildman–Crippen MR) is 149 cm³/mol. The van der Waals surface area contributed by atoms with E-state index in [9.17, 15) is 14.4 Å². The minimum atomic E-state index is -1.25. The average Bonchev–Trinajstić information content (AvgIpc) is 3.68. The summed E-state index contributed by atoms with van der Waals surface area (Å²) in [6.07, 6.45) is 3.67. The molecule has 0 unspecified atom stereocenters. The Morgan fingerprint density at radius 3 is 2.41 bits per heavy atom. The number of carbonyl (C=O) groups is 3. The summed E-state index contributed by atoms with van der Waals surface area (Å²) in [6, 6.07) is 19.7. The first kappa shape index (κ1) is 25.8. The summed E-state index contributed by atoms with van der Waals surface area (Å²) in [5.74, 6) is -2.44. The number of fused-ring (bicyclic) bond motifs is 1. The van der Waals surface area contributed by atoms with Crippen LogP contribution in [0.1, 0.15) is 22.9 Å². The number of benzene rings is 2. The van der Waals surface area contributed by atoms with Crippen molar-refractivity contribution in [2.45, 2.75) is 43.8 Å². The third-order valence-corrected chi connectivity index (χ3v) is 9.05. The van der Waals surface area contributed by atoms with Gasteiger partial charge in [-0.1, -0.05) is 72.3 Å². The van der Waals surface area contributed by atoms with Crippen LogP contribution in [0.25, 0.3) is 0 Å². The Morgan fingerprint density at radius 2 is 1.69 bits per heavy atom. The Labute approximate surface area is 235 Å². The first-order chi connectivity index (χ1) is 18.8. The van der Waals surface area contributed by atoms with Crippen molar-refractivity contribution in [1.29, 1.82) is 0 Å². The van der Waals surface area contributed by atoms with Gasteiger partial charge in [-0.15, -0.1) is 11.3 Å². The molecule has 1 aromatic heterocycles. The number of likely N-dealkylation sites (tertiary alicyclic amines) is 1. The van der Waals surface area contributed by atoms with Crippen molar-refractivity contribution in [2.75, 3.05) is 0 Å². The zero-order valence-electron chi connectivity index (χ0n) is 21.3. The zero-order valence-corrected chi connectivity index (χ0v) is 22.9. The molecule has 3 amide bonds. The quantitative estimate of drug-likeness (QED) is 0.406. The minimum absolute atomic E-state index is 0.190. The van der Waals surface area contributed by atoms with Crippen LogP contribution in [0, 0.1) is 11.8 Å². The molecule has 0 aliphatic carbocycles. The molecule has 2 bridgehead atoms. The van der Waals surface area contributed by atoms with E-state index in [4.69, 9.17) is 16.3 Å². The van der Waals surface area contributed by atoms with Gasteiger partial charge in [0.15, 0.2) is 0 Å². The van der Waals surface area contributed by atoms with E-state index in [0.29, 0.717) is 18.1 Å². The van der Waals surface area contributed by atoms with E-state index >= 15 is 0 Å². The molecule has 4 heterocycles. The van der Waals surface area contributed by atoms with Crippen LogP contribution in [0.3, 0.4) is 0 Å². The molecule has 7 nitrogen and oxygen atoms in total. The van der Waals surface area contributed by atoms with Crippen LogP contribution in [0.2, 0.25) is 5.02 Å². The maximum atomic E-state index is 14.2. The molecule has 3 aliphatic rings. The van der Waals surface area contributed by atoms with Crippen LogP contribution < -0.4 is 10.6 Å². The second kappa shape index (κ2) is 9.93. The van der Waals surface area contributed by atoms with Crippen LogP contribution in [-0.2, 0) is 38.8 Å². The molecule has 39 heavy (non-hydrogen) atoms.